The minimum atomic E-state index is -1.20. The SMILES string of the molecule is CC(C)C[C@@H](C(=O)N[C@@H](Cc1ccccc1)C(=O)O)N(Cc1ccccc1)C(=O)[C@H](CCc1ccccc1)NC(=O)OC(C)(C)C. The van der Waals surface area contributed by atoms with Crippen molar-refractivity contribution in [1.29, 1.82) is 0 Å². The predicted molar refractivity (Wildman–Crippen MR) is 178 cm³/mol. The summed E-state index contributed by atoms with van der Waals surface area (Å²) in [7, 11) is 0. The summed E-state index contributed by atoms with van der Waals surface area (Å²) in [5.41, 5.74) is 1.75. The van der Waals surface area contributed by atoms with E-state index in [2.05, 4.69) is 10.6 Å². The third-order valence-corrected chi connectivity index (χ3v) is 7.30. The number of aryl methyl sites for hydroxylation is 1. The number of amides is 3. The number of benzene rings is 3. The molecule has 0 fully saturated rings. The molecule has 0 unspecified atom stereocenters. The number of nitrogens with zero attached hydrogens (tertiary/aromatic N) is 1. The minimum absolute atomic E-state index is 0.0131. The minimum Gasteiger partial charge on any atom is -0.480 e. The molecule has 9 heteroatoms. The number of rotatable bonds is 15. The van der Waals surface area contributed by atoms with Crippen molar-refractivity contribution in [2.45, 2.75) is 90.6 Å². The molecule has 0 aliphatic heterocycles. The van der Waals surface area contributed by atoms with Crippen molar-refractivity contribution in [2.75, 3.05) is 0 Å². The highest BCUT2D eigenvalue weighted by Crippen LogP contribution is 2.20. The molecule has 3 N–H and O–H groups in total. The molecule has 3 atom stereocenters. The Kier molecular flexibility index (Phi) is 13.4. The number of aliphatic carboxylic acids is 1. The van der Waals surface area contributed by atoms with Crippen LogP contribution in [0.3, 0.4) is 0 Å². The van der Waals surface area contributed by atoms with E-state index in [1.54, 1.807) is 32.9 Å². The van der Waals surface area contributed by atoms with Crippen LogP contribution >= 0.6 is 0 Å². The molecule has 0 aromatic heterocycles. The zero-order chi connectivity index (χ0) is 33.7. The van der Waals surface area contributed by atoms with Crippen LogP contribution in [0.25, 0.3) is 0 Å². The smallest absolute Gasteiger partial charge is 0.408 e. The Labute approximate surface area is 272 Å². The standard InChI is InChI=1S/C37H47N3O6/c1-26(2)23-32(33(41)38-31(35(43)44)24-28-17-11-7-12-18-28)40(25-29-19-13-8-14-20-29)34(42)30(39-36(45)46-37(3,4)5)22-21-27-15-9-6-10-16-27/h6-20,26,30-32H,21-25H2,1-5H3,(H,38,41)(H,39,45)(H,43,44)/t30-,31-,32-/m0/s1. The van der Waals surface area contributed by atoms with E-state index in [0.29, 0.717) is 6.42 Å². The highest BCUT2D eigenvalue weighted by Gasteiger charge is 2.37. The van der Waals surface area contributed by atoms with Gasteiger partial charge in [0.15, 0.2) is 0 Å². The van der Waals surface area contributed by atoms with Gasteiger partial charge in [-0.2, -0.15) is 0 Å². The normalized spacial score (nSPS) is 13.3. The van der Waals surface area contributed by atoms with Crippen molar-refractivity contribution < 1.29 is 29.0 Å². The van der Waals surface area contributed by atoms with Gasteiger partial charge in [-0.05, 0) is 62.6 Å². The average Bonchev–Trinajstić information content (AvgIpc) is 3.00. The van der Waals surface area contributed by atoms with Crippen LogP contribution in [0.5, 0.6) is 0 Å². The zero-order valence-electron chi connectivity index (χ0n) is 27.4. The second-order valence-corrected chi connectivity index (χ2v) is 12.9. The Balaban J connectivity index is 1.99. The van der Waals surface area contributed by atoms with Gasteiger partial charge in [-0.25, -0.2) is 9.59 Å². The molecule has 46 heavy (non-hydrogen) atoms. The van der Waals surface area contributed by atoms with E-state index in [9.17, 15) is 24.3 Å². The van der Waals surface area contributed by atoms with Gasteiger partial charge in [0.1, 0.15) is 23.7 Å². The van der Waals surface area contributed by atoms with E-state index in [1.807, 2.05) is 92.7 Å². The summed E-state index contributed by atoms with van der Waals surface area (Å²) in [6, 6.07) is 24.7. The first-order valence-electron chi connectivity index (χ1n) is 15.8. The number of hydrogen-bond donors (Lipinski definition) is 3. The lowest BCUT2D eigenvalue weighted by Gasteiger charge is -2.35. The van der Waals surface area contributed by atoms with Gasteiger partial charge in [-0.15, -0.1) is 0 Å². The van der Waals surface area contributed by atoms with Crippen molar-refractivity contribution in [1.82, 2.24) is 15.5 Å². The molecule has 0 saturated heterocycles. The molecule has 3 rings (SSSR count). The quantitative estimate of drug-likeness (QED) is 0.196. The van der Waals surface area contributed by atoms with Gasteiger partial charge in [-0.1, -0.05) is 105 Å². The molecule has 3 aromatic rings. The summed E-state index contributed by atoms with van der Waals surface area (Å²) < 4.78 is 5.51. The number of alkyl carbamates (subject to hydrolysis) is 1. The molecule has 0 bridgehead atoms. The summed E-state index contributed by atoms with van der Waals surface area (Å²) in [5, 5.41) is 15.5. The number of carboxylic acid groups (broad SMARTS) is 1. The lowest BCUT2D eigenvalue weighted by atomic mass is 9.97. The van der Waals surface area contributed by atoms with Crippen molar-refractivity contribution >= 4 is 23.9 Å². The summed E-state index contributed by atoms with van der Waals surface area (Å²) in [6.07, 6.45) is 0.376. The average molecular weight is 630 g/mol. The maximum Gasteiger partial charge on any atom is 0.408 e. The van der Waals surface area contributed by atoms with E-state index in [4.69, 9.17) is 4.74 Å². The van der Waals surface area contributed by atoms with Crippen LogP contribution in [0.15, 0.2) is 91.0 Å². The monoisotopic (exact) mass is 629 g/mol. The largest absolute Gasteiger partial charge is 0.480 e. The molecule has 0 saturated carbocycles. The number of carbonyl (C=O) groups is 4. The lowest BCUT2D eigenvalue weighted by Crippen LogP contribution is -2.58. The van der Waals surface area contributed by atoms with Crippen LogP contribution in [0, 0.1) is 5.92 Å². The predicted octanol–water partition coefficient (Wildman–Crippen LogP) is 5.77. The maximum atomic E-state index is 14.6. The van der Waals surface area contributed by atoms with E-state index in [0.717, 1.165) is 16.7 Å². The summed E-state index contributed by atoms with van der Waals surface area (Å²) in [5.74, 6) is -2.21. The molecule has 3 amide bonds. The highest BCUT2D eigenvalue weighted by molar-refractivity contribution is 5.93. The van der Waals surface area contributed by atoms with Gasteiger partial charge >= 0.3 is 12.1 Å². The van der Waals surface area contributed by atoms with Crippen molar-refractivity contribution in [3.8, 4) is 0 Å². The molecule has 9 nitrogen and oxygen atoms in total. The fourth-order valence-corrected chi connectivity index (χ4v) is 5.12. The number of ether oxygens (including phenoxy) is 1. The number of carbonyl (C=O) groups excluding carboxylic acids is 3. The molecule has 0 spiro atoms. The van der Waals surface area contributed by atoms with Crippen LogP contribution < -0.4 is 10.6 Å². The Bertz CT molecular complexity index is 1410. The molecular weight excluding hydrogens is 582 g/mol. The third-order valence-electron chi connectivity index (χ3n) is 7.30. The molecular formula is C37H47N3O6. The molecule has 0 aliphatic carbocycles. The van der Waals surface area contributed by atoms with Gasteiger partial charge in [0.25, 0.3) is 0 Å². The van der Waals surface area contributed by atoms with Crippen LogP contribution in [0.2, 0.25) is 0 Å². The Morgan fingerprint density at radius 2 is 1.28 bits per heavy atom. The van der Waals surface area contributed by atoms with Gasteiger partial charge in [0, 0.05) is 13.0 Å². The van der Waals surface area contributed by atoms with Crippen molar-refractivity contribution in [3.05, 3.63) is 108 Å². The first-order valence-corrected chi connectivity index (χ1v) is 15.8. The fraction of sp³-hybridized carbons (Fsp3) is 0.405. The topological polar surface area (TPSA) is 125 Å². The van der Waals surface area contributed by atoms with Gasteiger partial charge < -0.3 is 25.4 Å². The molecule has 3 aromatic carbocycles. The summed E-state index contributed by atoms with van der Waals surface area (Å²) in [6.45, 7) is 9.19. The first-order chi connectivity index (χ1) is 21.8. The first kappa shape index (κ1) is 35.8. The van der Waals surface area contributed by atoms with Gasteiger partial charge in [0.05, 0.1) is 0 Å². The summed E-state index contributed by atoms with van der Waals surface area (Å²) in [4.78, 5) is 55.4. The Morgan fingerprint density at radius 1 is 0.761 bits per heavy atom. The van der Waals surface area contributed by atoms with Crippen molar-refractivity contribution in [3.63, 3.8) is 0 Å². The highest BCUT2D eigenvalue weighted by atomic mass is 16.6. The van der Waals surface area contributed by atoms with E-state index in [1.165, 1.54) is 4.90 Å². The van der Waals surface area contributed by atoms with Crippen LogP contribution in [-0.4, -0.2) is 57.6 Å². The number of nitrogens with one attached hydrogen (secondary N) is 2. The number of carboxylic acids is 1. The Hall–Kier alpha value is -4.66. The van der Waals surface area contributed by atoms with Gasteiger partial charge in [-0.3, -0.25) is 9.59 Å². The molecule has 0 heterocycles. The zero-order valence-corrected chi connectivity index (χ0v) is 27.4. The Morgan fingerprint density at radius 3 is 1.78 bits per heavy atom. The van der Waals surface area contributed by atoms with E-state index < -0.39 is 47.6 Å². The summed E-state index contributed by atoms with van der Waals surface area (Å²) >= 11 is 0. The second kappa shape index (κ2) is 17.1. The second-order valence-electron chi connectivity index (χ2n) is 12.9. The van der Waals surface area contributed by atoms with Crippen LogP contribution in [0.4, 0.5) is 4.79 Å². The van der Waals surface area contributed by atoms with Gasteiger partial charge in [0.2, 0.25) is 11.8 Å². The van der Waals surface area contributed by atoms with Crippen LogP contribution in [0.1, 0.15) is 64.2 Å². The maximum absolute atomic E-state index is 14.6. The lowest BCUT2D eigenvalue weighted by molar-refractivity contribution is -0.146. The van der Waals surface area contributed by atoms with Crippen molar-refractivity contribution in [2.24, 2.45) is 5.92 Å². The fourth-order valence-electron chi connectivity index (χ4n) is 5.12. The molecule has 246 valence electrons. The molecule has 0 radical (unpaired) electrons. The number of hydrogen-bond acceptors (Lipinski definition) is 5. The molecule has 0 aliphatic rings. The van der Waals surface area contributed by atoms with E-state index in [-0.39, 0.29) is 31.7 Å². The van der Waals surface area contributed by atoms with Crippen LogP contribution in [-0.2, 0) is 38.5 Å². The third kappa shape index (κ3) is 12.0. The van der Waals surface area contributed by atoms with E-state index >= 15 is 0 Å².